The number of amides is 1. The molecule has 0 fully saturated rings. The molecule has 0 unspecified atom stereocenters. The van der Waals surface area contributed by atoms with Crippen LogP contribution in [-0.4, -0.2) is 31.5 Å². The summed E-state index contributed by atoms with van der Waals surface area (Å²) in [6.45, 7) is 0.987. The minimum atomic E-state index is -3.74. The lowest BCUT2D eigenvalue weighted by Crippen LogP contribution is -2.39. The third kappa shape index (κ3) is 3.41. The van der Waals surface area contributed by atoms with Gasteiger partial charge in [-0.25, -0.2) is 8.42 Å². The van der Waals surface area contributed by atoms with Crippen LogP contribution in [0.15, 0.2) is 53.4 Å². The van der Waals surface area contributed by atoms with E-state index in [1.54, 1.807) is 17.0 Å². The molecule has 3 rings (SSSR count). The Balaban J connectivity index is 1.77. The number of hydrogen-bond acceptors (Lipinski definition) is 3. The molecule has 6 heteroatoms. The van der Waals surface area contributed by atoms with Gasteiger partial charge in [0.05, 0.1) is 9.92 Å². The second-order valence-electron chi connectivity index (χ2n) is 5.52. The van der Waals surface area contributed by atoms with Crippen LogP contribution >= 0.6 is 11.6 Å². The molecule has 0 saturated heterocycles. The van der Waals surface area contributed by atoms with E-state index < -0.39 is 15.6 Å². The molecule has 23 heavy (non-hydrogen) atoms. The zero-order valence-electron chi connectivity index (χ0n) is 12.4. The van der Waals surface area contributed by atoms with Crippen LogP contribution in [0.4, 0.5) is 0 Å². The van der Waals surface area contributed by atoms with Crippen LogP contribution in [-0.2, 0) is 27.6 Å². The summed E-state index contributed by atoms with van der Waals surface area (Å²) < 4.78 is 24.8. The van der Waals surface area contributed by atoms with Crippen molar-refractivity contribution < 1.29 is 13.2 Å². The molecule has 0 bridgehead atoms. The first-order chi connectivity index (χ1) is 11.0. The lowest BCUT2D eigenvalue weighted by molar-refractivity contribution is -0.129. The normalized spacial score (nSPS) is 14.4. The minimum Gasteiger partial charge on any atom is -0.337 e. The molecule has 0 aliphatic carbocycles. The van der Waals surface area contributed by atoms with Gasteiger partial charge >= 0.3 is 0 Å². The highest BCUT2D eigenvalue weighted by atomic mass is 35.5. The van der Waals surface area contributed by atoms with E-state index in [-0.39, 0.29) is 15.8 Å². The smallest absolute Gasteiger partial charge is 0.238 e. The summed E-state index contributed by atoms with van der Waals surface area (Å²) in [7, 11) is -3.74. The second-order valence-corrected chi connectivity index (χ2v) is 7.89. The molecule has 1 aliphatic rings. The Bertz CT molecular complexity index is 848. The molecule has 0 N–H and O–H groups in total. The first-order valence-corrected chi connectivity index (χ1v) is 9.32. The molecule has 0 aromatic heterocycles. The first kappa shape index (κ1) is 16.0. The van der Waals surface area contributed by atoms with Crippen LogP contribution in [0.25, 0.3) is 0 Å². The Hall–Kier alpha value is -1.85. The third-order valence-electron chi connectivity index (χ3n) is 3.97. The lowest BCUT2D eigenvalue weighted by atomic mass is 10.00. The average molecular weight is 350 g/mol. The molecular formula is C17H16ClNO3S. The van der Waals surface area contributed by atoms with Crippen molar-refractivity contribution in [3.05, 3.63) is 64.7 Å². The topological polar surface area (TPSA) is 54.5 Å². The van der Waals surface area contributed by atoms with E-state index in [4.69, 9.17) is 11.6 Å². The van der Waals surface area contributed by atoms with E-state index in [1.165, 1.54) is 17.7 Å². The Morgan fingerprint density at radius 1 is 1.04 bits per heavy atom. The van der Waals surface area contributed by atoms with Crippen molar-refractivity contribution in [1.82, 2.24) is 4.90 Å². The fraction of sp³-hybridized carbons (Fsp3) is 0.235. The Morgan fingerprint density at radius 3 is 2.43 bits per heavy atom. The predicted molar refractivity (Wildman–Crippen MR) is 89.1 cm³/mol. The number of carbonyl (C=O) groups is 1. The number of sulfone groups is 1. The Kier molecular flexibility index (Phi) is 4.41. The molecule has 0 atom stereocenters. The van der Waals surface area contributed by atoms with E-state index in [1.807, 2.05) is 24.3 Å². The van der Waals surface area contributed by atoms with E-state index in [0.717, 1.165) is 12.0 Å². The second kappa shape index (κ2) is 6.34. The van der Waals surface area contributed by atoms with Crippen LogP contribution in [0.3, 0.4) is 0 Å². The Labute approximate surface area is 140 Å². The van der Waals surface area contributed by atoms with E-state index >= 15 is 0 Å². The predicted octanol–water partition coefficient (Wildman–Crippen LogP) is 2.70. The maximum Gasteiger partial charge on any atom is 0.238 e. The van der Waals surface area contributed by atoms with Gasteiger partial charge in [0.15, 0.2) is 9.84 Å². The van der Waals surface area contributed by atoms with Crippen LogP contribution in [0.1, 0.15) is 11.1 Å². The van der Waals surface area contributed by atoms with Crippen molar-refractivity contribution >= 4 is 27.3 Å². The highest BCUT2D eigenvalue weighted by Gasteiger charge is 2.27. The van der Waals surface area contributed by atoms with Crippen molar-refractivity contribution in [3.8, 4) is 0 Å². The van der Waals surface area contributed by atoms with Gasteiger partial charge in [-0.1, -0.05) is 48.0 Å². The van der Waals surface area contributed by atoms with Gasteiger partial charge in [-0.2, -0.15) is 0 Å². The molecule has 120 valence electrons. The number of nitrogens with zero attached hydrogens (tertiary/aromatic N) is 1. The molecular weight excluding hydrogens is 334 g/mol. The lowest BCUT2D eigenvalue weighted by Gasteiger charge is -2.28. The van der Waals surface area contributed by atoms with E-state index in [9.17, 15) is 13.2 Å². The molecule has 1 amide bonds. The van der Waals surface area contributed by atoms with Gasteiger partial charge in [-0.15, -0.1) is 0 Å². The fourth-order valence-corrected chi connectivity index (χ4v) is 4.54. The number of carbonyl (C=O) groups excluding carboxylic acids is 1. The molecule has 1 aliphatic heterocycles. The average Bonchev–Trinajstić information content (AvgIpc) is 2.54. The molecule has 0 radical (unpaired) electrons. The minimum absolute atomic E-state index is 0.00688. The van der Waals surface area contributed by atoms with Crippen LogP contribution in [0.2, 0.25) is 5.02 Å². The fourth-order valence-electron chi connectivity index (χ4n) is 2.74. The van der Waals surface area contributed by atoms with Crippen LogP contribution in [0, 0.1) is 0 Å². The molecule has 4 nitrogen and oxygen atoms in total. The van der Waals surface area contributed by atoms with Crippen molar-refractivity contribution in [1.29, 1.82) is 0 Å². The molecule has 0 saturated carbocycles. The van der Waals surface area contributed by atoms with Gasteiger partial charge in [0, 0.05) is 13.1 Å². The van der Waals surface area contributed by atoms with Gasteiger partial charge in [0.1, 0.15) is 5.75 Å². The standard InChI is InChI=1S/C17H16ClNO3S/c18-15-7-3-4-8-16(15)23(21,22)12-17(20)19-10-9-13-5-1-2-6-14(13)11-19/h1-8H,9-12H2. The maximum absolute atomic E-state index is 12.4. The third-order valence-corrected chi connectivity index (χ3v) is 6.06. The van der Waals surface area contributed by atoms with Gasteiger partial charge < -0.3 is 4.90 Å². The van der Waals surface area contributed by atoms with Gasteiger partial charge in [0.25, 0.3) is 0 Å². The summed E-state index contributed by atoms with van der Waals surface area (Å²) >= 11 is 5.94. The van der Waals surface area contributed by atoms with Gasteiger partial charge in [-0.3, -0.25) is 4.79 Å². The monoisotopic (exact) mass is 349 g/mol. The highest BCUT2D eigenvalue weighted by molar-refractivity contribution is 7.92. The summed E-state index contributed by atoms with van der Waals surface area (Å²) in [6, 6.07) is 14.1. The summed E-state index contributed by atoms with van der Waals surface area (Å²) in [6.07, 6.45) is 0.744. The highest BCUT2D eigenvalue weighted by Crippen LogP contribution is 2.23. The quantitative estimate of drug-likeness (QED) is 0.856. The molecule has 1 heterocycles. The van der Waals surface area contributed by atoms with Crippen molar-refractivity contribution in [2.75, 3.05) is 12.3 Å². The van der Waals surface area contributed by atoms with Crippen LogP contribution < -0.4 is 0 Å². The first-order valence-electron chi connectivity index (χ1n) is 7.29. The number of hydrogen-bond donors (Lipinski definition) is 0. The van der Waals surface area contributed by atoms with Gasteiger partial charge in [0.2, 0.25) is 5.91 Å². The van der Waals surface area contributed by atoms with E-state index in [0.29, 0.717) is 13.1 Å². The summed E-state index contributed by atoms with van der Waals surface area (Å²) in [5.41, 5.74) is 2.28. The SMILES string of the molecule is O=C(CS(=O)(=O)c1ccccc1Cl)N1CCc2ccccc2C1. The maximum atomic E-state index is 12.4. The number of fused-ring (bicyclic) bond motifs is 1. The Morgan fingerprint density at radius 2 is 1.70 bits per heavy atom. The largest absolute Gasteiger partial charge is 0.337 e. The van der Waals surface area contributed by atoms with E-state index in [2.05, 4.69) is 0 Å². The van der Waals surface area contributed by atoms with Crippen molar-refractivity contribution in [3.63, 3.8) is 0 Å². The molecule has 2 aromatic carbocycles. The summed E-state index contributed by atoms with van der Waals surface area (Å²) in [5.74, 6) is -0.946. The number of rotatable bonds is 3. The zero-order valence-corrected chi connectivity index (χ0v) is 14.0. The van der Waals surface area contributed by atoms with Gasteiger partial charge in [-0.05, 0) is 29.7 Å². The van der Waals surface area contributed by atoms with Crippen molar-refractivity contribution in [2.24, 2.45) is 0 Å². The van der Waals surface area contributed by atoms with Crippen molar-refractivity contribution in [2.45, 2.75) is 17.9 Å². The zero-order chi connectivity index (χ0) is 16.4. The summed E-state index contributed by atoms with van der Waals surface area (Å²) in [5, 5.41) is 0.143. The number of benzene rings is 2. The molecule has 2 aromatic rings. The summed E-state index contributed by atoms with van der Waals surface area (Å²) in [4.78, 5) is 14.0. The number of halogens is 1. The van der Waals surface area contributed by atoms with Crippen LogP contribution in [0.5, 0.6) is 0 Å². The molecule has 0 spiro atoms.